The van der Waals surface area contributed by atoms with E-state index >= 15 is 0 Å². The van der Waals surface area contributed by atoms with Crippen molar-refractivity contribution in [1.29, 1.82) is 0 Å². The van der Waals surface area contributed by atoms with Gasteiger partial charge in [0.25, 0.3) is 5.56 Å². The highest BCUT2D eigenvalue weighted by Gasteiger charge is 2.34. The van der Waals surface area contributed by atoms with Crippen LogP contribution in [0.1, 0.15) is 38.1 Å². The number of fused-ring (bicyclic) bond motifs is 1. The maximum absolute atomic E-state index is 12.9. The Morgan fingerprint density at radius 2 is 2.03 bits per heavy atom. The molecule has 31 heavy (non-hydrogen) atoms. The predicted molar refractivity (Wildman–Crippen MR) is 121 cm³/mol. The number of aromatic nitrogens is 3. The Labute approximate surface area is 184 Å². The number of nitrogens with zero attached hydrogens (tertiary/aromatic N) is 4. The minimum Gasteiger partial charge on any atom is -0.395 e. The van der Waals surface area contributed by atoms with Crippen LogP contribution in [0.4, 0.5) is 5.13 Å². The lowest BCUT2D eigenvalue weighted by molar-refractivity contribution is -0.122. The number of nitrogens with one attached hydrogen (secondary N) is 1. The molecule has 1 atom stereocenters. The summed E-state index contributed by atoms with van der Waals surface area (Å²) in [6.45, 7) is 4.75. The van der Waals surface area contributed by atoms with Gasteiger partial charge in [0.05, 0.1) is 6.61 Å². The predicted octanol–water partition coefficient (Wildman–Crippen LogP) is 1.95. The van der Waals surface area contributed by atoms with Crippen molar-refractivity contribution in [3.8, 4) is 0 Å². The summed E-state index contributed by atoms with van der Waals surface area (Å²) in [5.74, 6) is 0.477. The van der Waals surface area contributed by atoms with Crippen LogP contribution in [0.3, 0.4) is 0 Å². The number of anilines is 1. The first-order chi connectivity index (χ1) is 14.8. The number of benzene rings is 1. The van der Waals surface area contributed by atoms with Crippen LogP contribution in [-0.4, -0.2) is 44.7 Å². The van der Waals surface area contributed by atoms with Gasteiger partial charge in [0.15, 0.2) is 15.5 Å². The van der Waals surface area contributed by atoms with Gasteiger partial charge in [-0.25, -0.2) is 9.97 Å². The van der Waals surface area contributed by atoms with Crippen LogP contribution in [0.2, 0.25) is 0 Å². The van der Waals surface area contributed by atoms with Crippen LogP contribution < -0.4 is 15.8 Å². The number of carbonyl (C=O) groups is 1. The fourth-order valence-electron chi connectivity index (χ4n) is 3.91. The minimum atomic E-state index is -0.653. The van der Waals surface area contributed by atoms with Gasteiger partial charge in [-0.1, -0.05) is 55.5 Å². The Kier molecular flexibility index (Phi) is 5.81. The van der Waals surface area contributed by atoms with Gasteiger partial charge < -0.3 is 15.3 Å². The van der Waals surface area contributed by atoms with Crippen LogP contribution in [0.15, 0.2) is 35.1 Å². The Morgan fingerprint density at radius 1 is 1.29 bits per heavy atom. The van der Waals surface area contributed by atoms with Gasteiger partial charge in [0, 0.05) is 25.6 Å². The lowest BCUT2D eigenvalue weighted by Crippen LogP contribution is -2.43. The van der Waals surface area contributed by atoms with E-state index in [0.717, 1.165) is 18.4 Å². The third kappa shape index (κ3) is 4.07. The highest BCUT2D eigenvalue weighted by molar-refractivity contribution is 7.21. The monoisotopic (exact) mass is 441 g/mol. The quantitative estimate of drug-likeness (QED) is 0.606. The van der Waals surface area contributed by atoms with Gasteiger partial charge in [-0.2, -0.15) is 0 Å². The van der Waals surface area contributed by atoms with Crippen molar-refractivity contribution in [2.75, 3.05) is 18.1 Å². The lowest BCUT2D eigenvalue weighted by atomic mass is 9.93. The molecule has 1 amide bonds. The van der Waals surface area contributed by atoms with E-state index in [2.05, 4.69) is 15.3 Å². The first-order valence-electron chi connectivity index (χ1n) is 10.4. The van der Waals surface area contributed by atoms with Crippen LogP contribution in [0.5, 0.6) is 0 Å². The third-order valence-corrected chi connectivity index (χ3v) is 6.73. The van der Waals surface area contributed by atoms with E-state index in [1.54, 1.807) is 7.05 Å². The number of amides is 1. The number of hydrogen-bond acceptors (Lipinski definition) is 7. The second-order valence-corrected chi connectivity index (χ2v) is 9.50. The molecule has 8 nitrogen and oxygen atoms in total. The molecule has 0 aliphatic carbocycles. The molecule has 1 aliphatic rings. The molecule has 3 aromatic rings. The molecule has 164 valence electrons. The van der Waals surface area contributed by atoms with Gasteiger partial charge >= 0.3 is 0 Å². The molecule has 3 heterocycles. The summed E-state index contributed by atoms with van der Waals surface area (Å²) in [7, 11) is 1.65. The molecule has 0 radical (unpaired) electrons. The average molecular weight is 442 g/mol. The highest BCUT2D eigenvalue weighted by atomic mass is 32.1. The molecule has 9 heteroatoms. The van der Waals surface area contributed by atoms with E-state index in [4.69, 9.17) is 0 Å². The molecule has 0 unspecified atom stereocenters. The Hall–Kier alpha value is -2.78. The maximum atomic E-state index is 12.9. The first-order valence-corrected chi connectivity index (χ1v) is 11.2. The topological polar surface area (TPSA) is 100 Å². The normalized spacial score (nSPS) is 16.8. The summed E-state index contributed by atoms with van der Waals surface area (Å²) >= 11 is 1.32. The summed E-state index contributed by atoms with van der Waals surface area (Å²) in [4.78, 5) is 37.5. The Morgan fingerprint density at radius 3 is 2.74 bits per heavy atom. The molecule has 0 spiro atoms. The van der Waals surface area contributed by atoms with Crippen LogP contribution in [0.25, 0.3) is 10.3 Å². The number of hydrogen-bond donors (Lipinski definition) is 2. The molecular formula is C22H27N5O3S. The van der Waals surface area contributed by atoms with E-state index in [9.17, 15) is 14.7 Å². The van der Waals surface area contributed by atoms with Gasteiger partial charge in [0.2, 0.25) is 5.91 Å². The molecule has 2 N–H and O–H groups in total. The van der Waals surface area contributed by atoms with Gasteiger partial charge in [-0.3, -0.25) is 14.2 Å². The van der Waals surface area contributed by atoms with Crippen molar-refractivity contribution in [3.05, 3.63) is 52.1 Å². The van der Waals surface area contributed by atoms with Crippen molar-refractivity contribution in [2.45, 2.75) is 44.7 Å². The number of thiazole rings is 1. The summed E-state index contributed by atoms with van der Waals surface area (Å²) < 4.78 is 1.45. The van der Waals surface area contributed by atoms with Crippen LogP contribution in [0, 0.1) is 0 Å². The zero-order valence-corrected chi connectivity index (χ0v) is 18.8. The third-order valence-electron chi connectivity index (χ3n) is 5.74. The molecule has 1 aliphatic heterocycles. The second-order valence-electron chi connectivity index (χ2n) is 8.55. The second kappa shape index (κ2) is 8.39. The van der Waals surface area contributed by atoms with E-state index in [-0.39, 0.29) is 24.1 Å². The van der Waals surface area contributed by atoms with Crippen molar-refractivity contribution < 1.29 is 9.90 Å². The molecule has 0 saturated carbocycles. The van der Waals surface area contributed by atoms with Crippen LogP contribution >= 0.6 is 11.3 Å². The number of aliphatic hydroxyl groups excluding tert-OH is 1. The zero-order valence-electron chi connectivity index (χ0n) is 18.0. The first kappa shape index (κ1) is 21.5. The summed E-state index contributed by atoms with van der Waals surface area (Å²) in [6, 6.07) is 9.49. The van der Waals surface area contributed by atoms with E-state index in [1.165, 1.54) is 15.9 Å². The summed E-state index contributed by atoms with van der Waals surface area (Å²) in [5.41, 5.74) is 0.454. The molecule has 2 aromatic heterocycles. The number of carbonyl (C=O) groups excluding carboxylic acids is 1. The summed E-state index contributed by atoms with van der Waals surface area (Å²) in [6.07, 6.45) is 1.62. The van der Waals surface area contributed by atoms with Crippen LogP contribution in [-0.2, 0) is 23.8 Å². The lowest BCUT2D eigenvalue weighted by Gasteiger charge is -2.23. The molecule has 1 fully saturated rings. The maximum Gasteiger partial charge on any atom is 0.280 e. The Balaban J connectivity index is 1.61. The zero-order chi connectivity index (χ0) is 22.2. The van der Waals surface area contributed by atoms with E-state index in [1.807, 2.05) is 49.1 Å². The molecule has 4 rings (SSSR count). The average Bonchev–Trinajstić information content (AvgIpc) is 3.42. The molecule has 1 saturated heterocycles. The summed E-state index contributed by atoms with van der Waals surface area (Å²) in [5, 5.41) is 13.4. The minimum absolute atomic E-state index is 0.0384. The highest BCUT2D eigenvalue weighted by Crippen LogP contribution is 2.32. The van der Waals surface area contributed by atoms with Crippen molar-refractivity contribution in [3.63, 3.8) is 0 Å². The molecule has 1 aromatic carbocycles. The van der Waals surface area contributed by atoms with Gasteiger partial charge in [-0.05, 0) is 18.4 Å². The molecule has 0 bridgehead atoms. The largest absolute Gasteiger partial charge is 0.395 e. The van der Waals surface area contributed by atoms with Crippen molar-refractivity contribution in [1.82, 2.24) is 19.9 Å². The SMILES string of the molecule is Cn1c(C(C)(C)CO)nc2sc(N3CCC[C@@H]3C(=O)NCc3ccccc3)nc2c1=O. The number of rotatable bonds is 6. The fourth-order valence-corrected chi connectivity index (χ4v) is 4.92. The standard InChI is InChI=1S/C22H27N5O3S/c1-22(2,13-28)20-25-18-16(19(30)26(20)3)24-21(31-18)27-11-7-10-15(27)17(29)23-12-14-8-5-4-6-9-14/h4-6,8-9,15,28H,7,10-13H2,1-3H3,(H,23,29)/t15-/m1/s1. The van der Waals surface area contributed by atoms with Crippen molar-refractivity contribution in [2.24, 2.45) is 7.05 Å². The van der Waals surface area contributed by atoms with Gasteiger partial charge in [0.1, 0.15) is 11.9 Å². The smallest absolute Gasteiger partial charge is 0.280 e. The van der Waals surface area contributed by atoms with Gasteiger partial charge in [-0.15, -0.1) is 0 Å². The fraction of sp³-hybridized carbons (Fsp3) is 0.455. The number of aliphatic hydroxyl groups is 1. The van der Waals surface area contributed by atoms with E-state index in [0.29, 0.717) is 34.4 Å². The Bertz CT molecular complexity index is 1160. The van der Waals surface area contributed by atoms with E-state index < -0.39 is 5.41 Å². The molecular weight excluding hydrogens is 414 g/mol. The van der Waals surface area contributed by atoms with Crippen molar-refractivity contribution >= 4 is 32.7 Å².